The van der Waals surface area contributed by atoms with Crippen LogP contribution < -0.4 is 14.8 Å². The molecule has 0 aliphatic heterocycles. The van der Waals surface area contributed by atoms with Crippen LogP contribution in [0.3, 0.4) is 0 Å². The quantitative estimate of drug-likeness (QED) is 0.810. The van der Waals surface area contributed by atoms with Crippen LogP contribution in [-0.4, -0.2) is 18.6 Å². The first-order chi connectivity index (χ1) is 11.2. The zero-order valence-electron chi connectivity index (χ0n) is 13.6. The highest BCUT2D eigenvalue weighted by Crippen LogP contribution is 2.18. The lowest BCUT2D eigenvalue weighted by molar-refractivity contribution is -0.128. The van der Waals surface area contributed by atoms with Gasteiger partial charge in [0.2, 0.25) is 0 Å². The summed E-state index contributed by atoms with van der Waals surface area (Å²) in [6, 6.07) is 17.1. The monoisotopic (exact) mass is 313 g/mol. The number of ether oxygens (including phenoxy) is 2. The van der Waals surface area contributed by atoms with E-state index in [1.54, 1.807) is 0 Å². The van der Waals surface area contributed by atoms with Crippen LogP contribution in [0.15, 0.2) is 54.6 Å². The van der Waals surface area contributed by atoms with E-state index in [-0.39, 0.29) is 5.91 Å². The van der Waals surface area contributed by atoms with Crippen LogP contribution in [0.2, 0.25) is 0 Å². The highest BCUT2D eigenvalue weighted by atomic mass is 16.5. The number of carbonyl (C=O) groups excluding carboxylic acids is 1. The summed E-state index contributed by atoms with van der Waals surface area (Å²) in [7, 11) is 0. The molecule has 0 fully saturated rings. The van der Waals surface area contributed by atoms with Crippen molar-refractivity contribution >= 4 is 5.91 Å². The first kappa shape index (κ1) is 16.9. The Balaban J connectivity index is 1.95. The minimum absolute atomic E-state index is 0.123. The molecule has 0 saturated carbocycles. The SMILES string of the molecule is CCOc1ccccc1CNC(=O)[C@H](CC)Oc1ccccc1. The van der Waals surface area contributed by atoms with E-state index in [0.717, 1.165) is 11.3 Å². The average molecular weight is 313 g/mol. The lowest BCUT2D eigenvalue weighted by Gasteiger charge is -2.18. The molecule has 0 spiro atoms. The Labute approximate surface area is 137 Å². The van der Waals surface area contributed by atoms with Crippen LogP contribution in [0.4, 0.5) is 0 Å². The van der Waals surface area contributed by atoms with Crippen molar-refractivity contribution in [1.29, 1.82) is 0 Å². The number of amides is 1. The Bertz CT molecular complexity index is 613. The summed E-state index contributed by atoms with van der Waals surface area (Å²) >= 11 is 0. The largest absolute Gasteiger partial charge is 0.494 e. The third kappa shape index (κ3) is 5.02. The van der Waals surface area contributed by atoms with Gasteiger partial charge in [-0.1, -0.05) is 43.3 Å². The van der Waals surface area contributed by atoms with E-state index in [4.69, 9.17) is 9.47 Å². The van der Waals surface area contributed by atoms with Gasteiger partial charge in [0.05, 0.1) is 6.61 Å². The predicted molar refractivity (Wildman–Crippen MR) is 90.6 cm³/mol. The minimum atomic E-state index is -0.503. The van der Waals surface area contributed by atoms with Crippen molar-refractivity contribution in [3.05, 3.63) is 60.2 Å². The third-order valence-corrected chi connectivity index (χ3v) is 3.41. The Morgan fingerprint density at radius 1 is 1.04 bits per heavy atom. The van der Waals surface area contributed by atoms with Gasteiger partial charge in [-0.15, -0.1) is 0 Å². The van der Waals surface area contributed by atoms with E-state index in [9.17, 15) is 4.79 Å². The number of hydrogen-bond acceptors (Lipinski definition) is 3. The minimum Gasteiger partial charge on any atom is -0.494 e. The number of benzene rings is 2. The molecular weight excluding hydrogens is 290 g/mol. The topological polar surface area (TPSA) is 47.6 Å². The Morgan fingerprint density at radius 2 is 1.74 bits per heavy atom. The van der Waals surface area contributed by atoms with Gasteiger partial charge < -0.3 is 14.8 Å². The van der Waals surface area contributed by atoms with Crippen molar-refractivity contribution in [2.45, 2.75) is 32.9 Å². The number of rotatable bonds is 8. The average Bonchev–Trinajstić information content (AvgIpc) is 2.60. The van der Waals surface area contributed by atoms with Gasteiger partial charge in [-0.25, -0.2) is 0 Å². The van der Waals surface area contributed by atoms with E-state index >= 15 is 0 Å². The normalized spacial score (nSPS) is 11.6. The smallest absolute Gasteiger partial charge is 0.261 e. The van der Waals surface area contributed by atoms with Gasteiger partial charge in [0.25, 0.3) is 5.91 Å². The molecule has 122 valence electrons. The molecular formula is C19H23NO3. The summed E-state index contributed by atoms with van der Waals surface area (Å²) < 4.78 is 11.3. The highest BCUT2D eigenvalue weighted by molar-refractivity contribution is 5.81. The first-order valence-corrected chi connectivity index (χ1v) is 7.94. The van der Waals surface area contributed by atoms with Crippen LogP contribution in [0.5, 0.6) is 11.5 Å². The van der Waals surface area contributed by atoms with E-state index in [1.807, 2.05) is 68.4 Å². The predicted octanol–water partition coefficient (Wildman–Crippen LogP) is 3.56. The van der Waals surface area contributed by atoms with Gasteiger partial charge in [-0.3, -0.25) is 4.79 Å². The Morgan fingerprint density at radius 3 is 2.43 bits per heavy atom. The summed E-state index contributed by atoms with van der Waals surface area (Å²) in [5.74, 6) is 1.37. The Kier molecular flexibility index (Phi) is 6.48. The van der Waals surface area contributed by atoms with Gasteiger partial charge in [0.15, 0.2) is 6.10 Å². The molecule has 0 unspecified atom stereocenters. The van der Waals surface area contributed by atoms with Crippen LogP contribution >= 0.6 is 0 Å². The van der Waals surface area contributed by atoms with Gasteiger partial charge in [0, 0.05) is 12.1 Å². The zero-order valence-corrected chi connectivity index (χ0v) is 13.6. The van der Waals surface area contributed by atoms with Crippen molar-refractivity contribution in [3.63, 3.8) is 0 Å². The number of para-hydroxylation sites is 2. The molecule has 0 aliphatic rings. The van der Waals surface area contributed by atoms with Crippen LogP contribution in [0.1, 0.15) is 25.8 Å². The van der Waals surface area contributed by atoms with Crippen molar-refractivity contribution in [2.75, 3.05) is 6.61 Å². The van der Waals surface area contributed by atoms with Crippen molar-refractivity contribution < 1.29 is 14.3 Å². The summed E-state index contributed by atoms with van der Waals surface area (Å²) in [6.07, 6.45) is 0.102. The molecule has 0 saturated heterocycles. The number of nitrogens with one attached hydrogen (secondary N) is 1. The summed E-state index contributed by atoms with van der Waals surface area (Å²) in [5.41, 5.74) is 0.956. The lowest BCUT2D eigenvalue weighted by atomic mass is 10.2. The number of carbonyl (C=O) groups is 1. The molecule has 2 aromatic carbocycles. The molecule has 23 heavy (non-hydrogen) atoms. The van der Waals surface area contributed by atoms with Crippen molar-refractivity contribution in [2.24, 2.45) is 0 Å². The van der Waals surface area contributed by atoms with E-state index < -0.39 is 6.10 Å². The fourth-order valence-corrected chi connectivity index (χ4v) is 2.23. The summed E-state index contributed by atoms with van der Waals surface area (Å²) in [6.45, 7) is 4.89. The first-order valence-electron chi connectivity index (χ1n) is 7.94. The number of hydrogen-bond donors (Lipinski definition) is 1. The third-order valence-electron chi connectivity index (χ3n) is 3.41. The second-order valence-electron chi connectivity index (χ2n) is 5.09. The fourth-order valence-electron chi connectivity index (χ4n) is 2.23. The zero-order chi connectivity index (χ0) is 16.5. The molecule has 0 heterocycles. The lowest BCUT2D eigenvalue weighted by Crippen LogP contribution is -2.37. The second kappa shape index (κ2) is 8.83. The van der Waals surface area contributed by atoms with E-state index in [2.05, 4.69) is 5.32 Å². The maximum absolute atomic E-state index is 12.3. The van der Waals surface area contributed by atoms with Gasteiger partial charge >= 0.3 is 0 Å². The fraction of sp³-hybridized carbons (Fsp3) is 0.316. The standard InChI is InChI=1S/C19H23NO3/c1-3-17(23-16-11-6-5-7-12-16)19(21)20-14-15-10-8-9-13-18(15)22-4-2/h5-13,17H,3-4,14H2,1-2H3,(H,20,21)/t17-/m0/s1. The molecule has 1 amide bonds. The maximum Gasteiger partial charge on any atom is 0.261 e. The molecule has 0 radical (unpaired) electrons. The van der Waals surface area contributed by atoms with Gasteiger partial charge in [-0.2, -0.15) is 0 Å². The molecule has 0 bridgehead atoms. The van der Waals surface area contributed by atoms with Crippen molar-refractivity contribution in [1.82, 2.24) is 5.32 Å². The molecule has 2 rings (SSSR count). The van der Waals surface area contributed by atoms with Gasteiger partial charge in [-0.05, 0) is 31.5 Å². The Hall–Kier alpha value is -2.49. The second-order valence-corrected chi connectivity index (χ2v) is 5.09. The molecule has 2 aromatic rings. The van der Waals surface area contributed by atoms with Crippen molar-refractivity contribution in [3.8, 4) is 11.5 Å². The molecule has 1 N–H and O–H groups in total. The summed E-state index contributed by atoms with van der Waals surface area (Å²) in [5, 5.41) is 2.93. The molecule has 0 aliphatic carbocycles. The summed E-state index contributed by atoms with van der Waals surface area (Å²) in [4.78, 5) is 12.3. The van der Waals surface area contributed by atoms with E-state index in [0.29, 0.717) is 25.3 Å². The molecule has 0 aromatic heterocycles. The highest BCUT2D eigenvalue weighted by Gasteiger charge is 2.18. The van der Waals surface area contributed by atoms with E-state index in [1.165, 1.54) is 0 Å². The molecule has 4 nitrogen and oxygen atoms in total. The van der Waals surface area contributed by atoms with Crippen LogP contribution in [0.25, 0.3) is 0 Å². The molecule has 4 heteroatoms. The molecule has 1 atom stereocenters. The van der Waals surface area contributed by atoms with Crippen LogP contribution in [-0.2, 0) is 11.3 Å². The maximum atomic E-state index is 12.3. The van der Waals surface area contributed by atoms with Gasteiger partial charge in [0.1, 0.15) is 11.5 Å². The van der Waals surface area contributed by atoms with Crippen LogP contribution in [0, 0.1) is 0 Å².